The molecular formula is C15H19N3O2. The summed E-state index contributed by atoms with van der Waals surface area (Å²) in [5.74, 6) is 2.22. The predicted molar refractivity (Wildman–Crippen MR) is 77.6 cm³/mol. The summed E-state index contributed by atoms with van der Waals surface area (Å²) >= 11 is 0. The van der Waals surface area contributed by atoms with Crippen LogP contribution in [0.2, 0.25) is 0 Å². The molecule has 1 aromatic carbocycles. The molecule has 1 heterocycles. The summed E-state index contributed by atoms with van der Waals surface area (Å²) < 4.78 is 5.78. The molecule has 0 aliphatic carbocycles. The number of aliphatic hydroxyl groups is 1. The molecule has 3 N–H and O–H groups in total. The molecule has 0 unspecified atom stereocenters. The number of benzene rings is 1. The van der Waals surface area contributed by atoms with Crippen molar-refractivity contribution >= 4 is 5.82 Å². The first-order valence-corrected chi connectivity index (χ1v) is 6.64. The van der Waals surface area contributed by atoms with Gasteiger partial charge in [0.2, 0.25) is 5.88 Å². The van der Waals surface area contributed by atoms with Crippen LogP contribution in [0.15, 0.2) is 24.3 Å². The van der Waals surface area contributed by atoms with Crippen LogP contribution in [-0.2, 0) is 13.0 Å². The highest BCUT2D eigenvalue weighted by Gasteiger charge is 2.10. The minimum absolute atomic E-state index is 0.0246. The first-order valence-electron chi connectivity index (χ1n) is 6.64. The average Bonchev–Trinajstić information content (AvgIpc) is 2.45. The molecule has 0 atom stereocenters. The standard InChI is InChI=1S/C15H19N3O2/c1-3-5-13-17-14(16)10(2)15(18-13)20-12-7-4-6-11(8-12)9-19/h4,6-8,19H,3,5,9H2,1-2H3,(H2,16,17,18). The second-order valence-corrected chi connectivity index (χ2v) is 4.61. The largest absolute Gasteiger partial charge is 0.439 e. The topological polar surface area (TPSA) is 81.3 Å². The van der Waals surface area contributed by atoms with Gasteiger partial charge in [-0.05, 0) is 31.0 Å². The molecule has 5 nitrogen and oxygen atoms in total. The molecule has 0 aliphatic rings. The van der Waals surface area contributed by atoms with Gasteiger partial charge < -0.3 is 15.6 Å². The van der Waals surface area contributed by atoms with Crippen molar-refractivity contribution in [1.29, 1.82) is 0 Å². The third-order valence-corrected chi connectivity index (χ3v) is 2.95. The second-order valence-electron chi connectivity index (χ2n) is 4.61. The number of aryl methyl sites for hydroxylation is 1. The van der Waals surface area contributed by atoms with E-state index >= 15 is 0 Å². The molecule has 1 aromatic heterocycles. The maximum atomic E-state index is 9.14. The SMILES string of the molecule is CCCc1nc(N)c(C)c(Oc2cccc(CO)c2)n1. The van der Waals surface area contributed by atoms with E-state index in [0.29, 0.717) is 23.3 Å². The van der Waals surface area contributed by atoms with Crippen molar-refractivity contribution in [2.75, 3.05) is 5.73 Å². The zero-order chi connectivity index (χ0) is 14.5. The van der Waals surface area contributed by atoms with Gasteiger partial charge in [0.05, 0.1) is 12.2 Å². The highest BCUT2D eigenvalue weighted by atomic mass is 16.5. The number of nitrogens with zero attached hydrogens (tertiary/aromatic N) is 2. The Morgan fingerprint density at radius 2 is 2.10 bits per heavy atom. The highest BCUT2D eigenvalue weighted by molar-refractivity contribution is 5.46. The molecule has 0 saturated carbocycles. The Morgan fingerprint density at radius 1 is 1.30 bits per heavy atom. The number of anilines is 1. The maximum Gasteiger partial charge on any atom is 0.227 e. The van der Waals surface area contributed by atoms with Crippen LogP contribution in [0.25, 0.3) is 0 Å². The van der Waals surface area contributed by atoms with Crippen molar-refractivity contribution < 1.29 is 9.84 Å². The number of nitrogen functional groups attached to an aromatic ring is 1. The predicted octanol–water partition coefficient (Wildman–Crippen LogP) is 2.60. The third kappa shape index (κ3) is 3.24. The van der Waals surface area contributed by atoms with E-state index in [2.05, 4.69) is 16.9 Å². The Labute approximate surface area is 118 Å². The Hall–Kier alpha value is -2.14. The average molecular weight is 273 g/mol. The fraction of sp³-hybridized carbons (Fsp3) is 0.333. The van der Waals surface area contributed by atoms with Gasteiger partial charge in [0, 0.05) is 6.42 Å². The summed E-state index contributed by atoms with van der Waals surface area (Å²) in [6, 6.07) is 7.25. The van der Waals surface area contributed by atoms with Crippen LogP contribution in [0.3, 0.4) is 0 Å². The molecule has 0 saturated heterocycles. The highest BCUT2D eigenvalue weighted by Crippen LogP contribution is 2.26. The number of aliphatic hydroxyl groups excluding tert-OH is 1. The Kier molecular flexibility index (Phi) is 4.53. The molecule has 0 amide bonds. The lowest BCUT2D eigenvalue weighted by molar-refractivity contribution is 0.281. The Balaban J connectivity index is 2.31. The van der Waals surface area contributed by atoms with E-state index in [1.54, 1.807) is 6.07 Å². The maximum absolute atomic E-state index is 9.14. The van der Waals surface area contributed by atoms with Gasteiger partial charge in [0.1, 0.15) is 17.4 Å². The van der Waals surface area contributed by atoms with Crippen molar-refractivity contribution in [3.63, 3.8) is 0 Å². The van der Waals surface area contributed by atoms with E-state index in [0.717, 1.165) is 24.0 Å². The third-order valence-electron chi connectivity index (χ3n) is 2.95. The lowest BCUT2D eigenvalue weighted by Crippen LogP contribution is -2.05. The number of hydrogen-bond acceptors (Lipinski definition) is 5. The fourth-order valence-electron chi connectivity index (χ4n) is 1.81. The summed E-state index contributed by atoms with van der Waals surface area (Å²) in [4.78, 5) is 8.64. The van der Waals surface area contributed by atoms with Gasteiger partial charge in [-0.3, -0.25) is 0 Å². The van der Waals surface area contributed by atoms with Crippen LogP contribution < -0.4 is 10.5 Å². The summed E-state index contributed by atoms with van der Waals surface area (Å²) in [5.41, 5.74) is 7.40. The molecule has 20 heavy (non-hydrogen) atoms. The second kappa shape index (κ2) is 6.34. The van der Waals surface area contributed by atoms with E-state index in [9.17, 15) is 0 Å². The molecule has 2 aromatic rings. The van der Waals surface area contributed by atoms with Crippen LogP contribution in [-0.4, -0.2) is 15.1 Å². The number of aromatic nitrogens is 2. The lowest BCUT2D eigenvalue weighted by atomic mass is 10.2. The molecule has 5 heteroatoms. The Morgan fingerprint density at radius 3 is 2.80 bits per heavy atom. The smallest absolute Gasteiger partial charge is 0.227 e. The quantitative estimate of drug-likeness (QED) is 0.875. The van der Waals surface area contributed by atoms with Gasteiger partial charge in [-0.2, -0.15) is 4.98 Å². The van der Waals surface area contributed by atoms with Crippen LogP contribution >= 0.6 is 0 Å². The molecule has 0 spiro atoms. The minimum Gasteiger partial charge on any atom is -0.439 e. The van der Waals surface area contributed by atoms with Gasteiger partial charge in [-0.25, -0.2) is 4.98 Å². The van der Waals surface area contributed by atoms with Gasteiger partial charge in [-0.1, -0.05) is 19.1 Å². The van der Waals surface area contributed by atoms with Crippen LogP contribution in [0.1, 0.15) is 30.3 Å². The van der Waals surface area contributed by atoms with Crippen LogP contribution in [0, 0.1) is 6.92 Å². The first kappa shape index (κ1) is 14.3. The molecule has 0 fully saturated rings. The summed E-state index contributed by atoms with van der Waals surface area (Å²) in [6.07, 6.45) is 1.71. The Bertz CT molecular complexity index is 600. The van der Waals surface area contributed by atoms with Crippen molar-refractivity contribution in [2.45, 2.75) is 33.3 Å². The van der Waals surface area contributed by atoms with Gasteiger partial charge in [0.15, 0.2) is 0 Å². The van der Waals surface area contributed by atoms with E-state index < -0.39 is 0 Å². The fourth-order valence-corrected chi connectivity index (χ4v) is 1.81. The summed E-state index contributed by atoms with van der Waals surface area (Å²) in [6.45, 7) is 3.87. The van der Waals surface area contributed by atoms with Crippen molar-refractivity contribution in [1.82, 2.24) is 9.97 Å². The molecule has 0 bridgehead atoms. The number of ether oxygens (including phenoxy) is 1. The van der Waals surface area contributed by atoms with Crippen molar-refractivity contribution in [3.8, 4) is 11.6 Å². The van der Waals surface area contributed by atoms with Crippen molar-refractivity contribution in [3.05, 3.63) is 41.2 Å². The van der Waals surface area contributed by atoms with Crippen molar-refractivity contribution in [2.24, 2.45) is 0 Å². The van der Waals surface area contributed by atoms with Gasteiger partial charge in [-0.15, -0.1) is 0 Å². The van der Waals surface area contributed by atoms with Crippen LogP contribution in [0.4, 0.5) is 5.82 Å². The molecule has 2 rings (SSSR count). The number of hydrogen-bond donors (Lipinski definition) is 2. The van der Waals surface area contributed by atoms with E-state index in [4.69, 9.17) is 15.6 Å². The molecule has 106 valence electrons. The first-order chi connectivity index (χ1) is 9.63. The van der Waals surface area contributed by atoms with Gasteiger partial charge >= 0.3 is 0 Å². The minimum atomic E-state index is -0.0246. The van der Waals surface area contributed by atoms with Crippen LogP contribution in [0.5, 0.6) is 11.6 Å². The summed E-state index contributed by atoms with van der Waals surface area (Å²) in [5, 5.41) is 9.14. The number of rotatable bonds is 5. The van der Waals surface area contributed by atoms with E-state index in [1.165, 1.54) is 0 Å². The number of nitrogens with two attached hydrogens (primary N) is 1. The zero-order valence-corrected chi connectivity index (χ0v) is 11.8. The monoisotopic (exact) mass is 273 g/mol. The molecular weight excluding hydrogens is 254 g/mol. The zero-order valence-electron chi connectivity index (χ0n) is 11.8. The molecule has 0 radical (unpaired) electrons. The normalized spacial score (nSPS) is 10.6. The lowest BCUT2D eigenvalue weighted by Gasteiger charge is -2.11. The summed E-state index contributed by atoms with van der Waals surface area (Å²) in [7, 11) is 0. The van der Waals surface area contributed by atoms with E-state index in [-0.39, 0.29) is 6.61 Å². The van der Waals surface area contributed by atoms with E-state index in [1.807, 2.05) is 25.1 Å². The van der Waals surface area contributed by atoms with Gasteiger partial charge in [0.25, 0.3) is 0 Å². The molecule has 0 aliphatic heterocycles.